The number of carbonyl (C=O) groups excluding carboxylic acids is 1. The summed E-state index contributed by atoms with van der Waals surface area (Å²) in [4.78, 5) is 10.7. The zero-order chi connectivity index (χ0) is 11.4. The zero-order valence-electron chi connectivity index (χ0n) is 8.63. The molecule has 0 atom stereocenters. The molecule has 2 nitrogen and oxygen atoms in total. The fraction of sp³-hybridized carbons (Fsp3) is 0.364. The van der Waals surface area contributed by atoms with Crippen LogP contribution in [0.4, 0.5) is 14.5 Å². The van der Waals surface area contributed by atoms with E-state index in [4.69, 9.17) is 0 Å². The number of anilines is 1. The van der Waals surface area contributed by atoms with Gasteiger partial charge in [-0.15, -0.1) is 0 Å². The molecule has 82 valence electrons. The molecule has 0 aliphatic rings. The van der Waals surface area contributed by atoms with E-state index in [9.17, 15) is 13.6 Å². The van der Waals surface area contributed by atoms with Crippen LogP contribution in [0.3, 0.4) is 0 Å². The summed E-state index contributed by atoms with van der Waals surface area (Å²) in [5.74, 6) is -0.968. The molecular formula is C11H13F2NO. The lowest BCUT2D eigenvalue weighted by Gasteiger charge is -2.08. The summed E-state index contributed by atoms with van der Waals surface area (Å²) in [7, 11) is 0. The third-order valence-corrected chi connectivity index (χ3v) is 2.02. The van der Waals surface area contributed by atoms with Gasteiger partial charge in [0.2, 0.25) is 0 Å². The Kier molecular flexibility index (Phi) is 3.77. The van der Waals surface area contributed by atoms with Gasteiger partial charge in [-0.1, -0.05) is 26.0 Å². The molecule has 0 saturated carbocycles. The highest BCUT2D eigenvalue weighted by Gasteiger charge is 2.14. The smallest absolute Gasteiger partial charge is 0.315 e. The molecule has 0 saturated heterocycles. The van der Waals surface area contributed by atoms with Crippen molar-refractivity contribution in [2.24, 2.45) is 0 Å². The average Bonchev–Trinajstić information content (AvgIpc) is 2.18. The molecule has 0 aromatic heterocycles. The van der Waals surface area contributed by atoms with Crippen molar-refractivity contribution in [3.8, 4) is 0 Å². The van der Waals surface area contributed by atoms with Gasteiger partial charge in [0.25, 0.3) is 5.91 Å². The van der Waals surface area contributed by atoms with Crippen molar-refractivity contribution >= 4 is 11.6 Å². The van der Waals surface area contributed by atoms with Crippen LogP contribution in [0.2, 0.25) is 0 Å². The molecule has 0 spiro atoms. The summed E-state index contributed by atoms with van der Waals surface area (Å²) < 4.78 is 23.9. The Morgan fingerprint density at radius 1 is 1.33 bits per heavy atom. The Labute approximate surface area is 87.3 Å². The fourth-order valence-corrected chi connectivity index (χ4v) is 1.17. The molecule has 0 fully saturated rings. The summed E-state index contributed by atoms with van der Waals surface area (Å²) in [6.45, 7) is 3.99. The summed E-state index contributed by atoms with van der Waals surface area (Å²) >= 11 is 0. The normalized spacial score (nSPS) is 10.8. The molecule has 0 radical (unpaired) electrons. The predicted octanol–water partition coefficient (Wildman–Crippen LogP) is 3.01. The Morgan fingerprint density at radius 3 is 2.53 bits per heavy atom. The first-order valence-corrected chi connectivity index (χ1v) is 4.69. The van der Waals surface area contributed by atoms with Crippen molar-refractivity contribution in [3.63, 3.8) is 0 Å². The first-order chi connectivity index (χ1) is 7.00. The van der Waals surface area contributed by atoms with E-state index < -0.39 is 12.3 Å². The van der Waals surface area contributed by atoms with E-state index in [1.807, 2.05) is 19.9 Å². The van der Waals surface area contributed by atoms with Crippen molar-refractivity contribution in [2.45, 2.75) is 26.2 Å². The van der Waals surface area contributed by atoms with Gasteiger partial charge in [0.15, 0.2) is 0 Å². The van der Waals surface area contributed by atoms with Gasteiger partial charge in [-0.3, -0.25) is 4.79 Å². The Hall–Kier alpha value is -1.45. The van der Waals surface area contributed by atoms with Gasteiger partial charge >= 0.3 is 6.43 Å². The maximum Gasteiger partial charge on any atom is 0.315 e. The summed E-state index contributed by atoms with van der Waals surface area (Å²) in [6, 6.07) is 6.91. The third kappa shape index (κ3) is 3.31. The highest BCUT2D eigenvalue weighted by molar-refractivity contribution is 5.93. The molecule has 1 amide bonds. The second-order valence-electron chi connectivity index (χ2n) is 3.57. The van der Waals surface area contributed by atoms with Crippen LogP contribution in [0, 0.1) is 0 Å². The van der Waals surface area contributed by atoms with Crippen molar-refractivity contribution in [2.75, 3.05) is 5.32 Å². The molecule has 0 unspecified atom stereocenters. The Balaban J connectivity index is 2.78. The molecule has 0 aliphatic heterocycles. The maximum absolute atomic E-state index is 12.0. The van der Waals surface area contributed by atoms with Crippen LogP contribution in [-0.4, -0.2) is 12.3 Å². The molecule has 15 heavy (non-hydrogen) atoms. The topological polar surface area (TPSA) is 29.1 Å². The maximum atomic E-state index is 12.0. The minimum atomic E-state index is -2.98. The highest BCUT2D eigenvalue weighted by atomic mass is 19.3. The van der Waals surface area contributed by atoms with Gasteiger partial charge in [-0.25, -0.2) is 0 Å². The summed E-state index contributed by atoms with van der Waals surface area (Å²) in [5.41, 5.74) is 1.41. The van der Waals surface area contributed by atoms with E-state index in [0.29, 0.717) is 11.6 Å². The lowest BCUT2D eigenvalue weighted by atomic mass is 10.0. The lowest BCUT2D eigenvalue weighted by molar-refractivity contribution is -0.126. The molecule has 1 rings (SSSR count). The van der Waals surface area contributed by atoms with E-state index in [-0.39, 0.29) is 0 Å². The number of hydrogen-bond donors (Lipinski definition) is 1. The van der Waals surface area contributed by atoms with Crippen LogP contribution in [0.1, 0.15) is 25.3 Å². The molecule has 1 N–H and O–H groups in total. The minimum Gasteiger partial charge on any atom is -0.321 e. The van der Waals surface area contributed by atoms with Gasteiger partial charge in [0, 0.05) is 5.69 Å². The standard InChI is InChI=1S/C11H13F2NO/c1-7(2)8-4-3-5-9(6-8)14-11(15)10(12)13/h3-7,10H,1-2H3,(H,14,15). The molecular weight excluding hydrogens is 200 g/mol. The molecule has 4 heteroatoms. The van der Waals surface area contributed by atoms with Gasteiger partial charge < -0.3 is 5.32 Å². The SMILES string of the molecule is CC(C)c1cccc(NC(=O)C(F)F)c1. The van der Waals surface area contributed by atoms with Crippen molar-refractivity contribution in [1.29, 1.82) is 0 Å². The Morgan fingerprint density at radius 2 is 2.00 bits per heavy atom. The number of halogens is 2. The molecule has 1 aromatic carbocycles. The number of nitrogens with one attached hydrogen (secondary N) is 1. The van der Waals surface area contributed by atoms with Gasteiger partial charge in [-0.2, -0.15) is 8.78 Å². The van der Waals surface area contributed by atoms with E-state index in [0.717, 1.165) is 5.56 Å². The molecule has 0 aliphatic carbocycles. The van der Waals surface area contributed by atoms with E-state index in [2.05, 4.69) is 5.32 Å². The number of rotatable bonds is 3. The second-order valence-corrected chi connectivity index (χ2v) is 3.57. The number of carbonyl (C=O) groups is 1. The fourth-order valence-electron chi connectivity index (χ4n) is 1.17. The van der Waals surface area contributed by atoms with Gasteiger partial charge in [0.05, 0.1) is 0 Å². The lowest BCUT2D eigenvalue weighted by Crippen LogP contribution is -2.20. The van der Waals surface area contributed by atoms with E-state index in [1.165, 1.54) is 0 Å². The van der Waals surface area contributed by atoms with Crippen LogP contribution in [0.25, 0.3) is 0 Å². The van der Waals surface area contributed by atoms with Crippen molar-refractivity contribution < 1.29 is 13.6 Å². The second kappa shape index (κ2) is 4.87. The number of benzene rings is 1. The van der Waals surface area contributed by atoms with Crippen LogP contribution in [0.5, 0.6) is 0 Å². The molecule has 0 heterocycles. The van der Waals surface area contributed by atoms with Crippen LogP contribution in [0.15, 0.2) is 24.3 Å². The third-order valence-electron chi connectivity index (χ3n) is 2.02. The number of amides is 1. The quantitative estimate of drug-likeness (QED) is 0.821. The van der Waals surface area contributed by atoms with Crippen LogP contribution >= 0.6 is 0 Å². The first-order valence-electron chi connectivity index (χ1n) is 4.69. The van der Waals surface area contributed by atoms with E-state index in [1.54, 1.807) is 18.2 Å². The van der Waals surface area contributed by atoms with Crippen molar-refractivity contribution in [1.82, 2.24) is 0 Å². The zero-order valence-corrected chi connectivity index (χ0v) is 8.63. The highest BCUT2D eigenvalue weighted by Crippen LogP contribution is 2.18. The molecule has 1 aromatic rings. The predicted molar refractivity (Wildman–Crippen MR) is 55.2 cm³/mol. The van der Waals surface area contributed by atoms with Crippen LogP contribution < -0.4 is 5.32 Å². The summed E-state index contributed by atoms with van der Waals surface area (Å²) in [6.07, 6.45) is -2.98. The number of hydrogen-bond acceptors (Lipinski definition) is 1. The summed E-state index contributed by atoms with van der Waals surface area (Å²) in [5, 5.41) is 2.15. The largest absolute Gasteiger partial charge is 0.321 e. The van der Waals surface area contributed by atoms with Crippen molar-refractivity contribution in [3.05, 3.63) is 29.8 Å². The average molecular weight is 213 g/mol. The monoisotopic (exact) mass is 213 g/mol. The first kappa shape index (κ1) is 11.6. The minimum absolute atomic E-state index is 0.299. The Bertz CT molecular complexity index is 350. The number of alkyl halides is 2. The van der Waals surface area contributed by atoms with E-state index >= 15 is 0 Å². The van der Waals surface area contributed by atoms with Gasteiger partial charge in [0.1, 0.15) is 0 Å². The van der Waals surface area contributed by atoms with Crippen LogP contribution in [-0.2, 0) is 4.79 Å². The van der Waals surface area contributed by atoms with Gasteiger partial charge in [-0.05, 0) is 23.6 Å². The molecule has 0 bridgehead atoms.